The molecule has 3 fully saturated rings. The van der Waals surface area contributed by atoms with Crippen LogP contribution in [0.15, 0.2) is 42.6 Å². The average Bonchev–Trinajstić information content (AvgIpc) is 3.85. The number of rotatable bonds is 7. The lowest BCUT2D eigenvalue weighted by Gasteiger charge is -2.41. The number of carbonyl (C=O) groups excluding carboxylic acids is 1. The first-order chi connectivity index (χ1) is 22.6. The Balaban J connectivity index is 1.28. The Morgan fingerprint density at radius 3 is 2.57 bits per heavy atom. The van der Waals surface area contributed by atoms with Gasteiger partial charge >= 0.3 is 12.1 Å². The Bertz CT molecular complexity index is 1880. The van der Waals surface area contributed by atoms with Crippen molar-refractivity contribution in [2.24, 2.45) is 0 Å². The lowest BCUT2D eigenvalue weighted by Crippen LogP contribution is -2.57. The van der Waals surface area contributed by atoms with Gasteiger partial charge in [-0.25, -0.2) is 15.8 Å². The summed E-state index contributed by atoms with van der Waals surface area (Å²) in [5.41, 5.74) is 0.110. The number of fused-ring (bicyclic) bond motifs is 2. The molecule has 244 valence electrons. The van der Waals surface area contributed by atoms with Gasteiger partial charge in [0.05, 0.1) is 5.39 Å². The number of amides is 1. The molecule has 3 aliphatic rings. The molecular formula is C35H37ClFN7O3. The van der Waals surface area contributed by atoms with E-state index in [4.69, 9.17) is 32.6 Å². The monoisotopic (exact) mass is 657 g/mol. The second kappa shape index (κ2) is 12.4. The van der Waals surface area contributed by atoms with Crippen molar-refractivity contribution in [2.45, 2.75) is 63.8 Å². The molecule has 12 heteroatoms. The van der Waals surface area contributed by atoms with E-state index in [2.05, 4.69) is 19.7 Å². The van der Waals surface area contributed by atoms with Crippen LogP contribution in [0.4, 0.5) is 15.0 Å². The van der Waals surface area contributed by atoms with Crippen molar-refractivity contribution in [1.82, 2.24) is 24.8 Å². The van der Waals surface area contributed by atoms with Crippen molar-refractivity contribution in [3.63, 3.8) is 0 Å². The smallest absolute Gasteiger partial charge is 0.410 e. The van der Waals surface area contributed by atoms with Gasteiger partial charge in [-0.3, -0.25) is 14.8 Å². The first kappa shape index (κ1) is 31.3. The fourth-order valence-corrected chi connectivity index (χ4v) is 6.86. The van der Waals surface area contributed by atoms with Crippen molar-refractivity contribution in [3.8, 4) is 17.3 Å². The largest absolute Gasteiger partial charge is 0.462 e. The lowest BCUT2D eigenvalue weighted by molar-refractivity contribution is 0.0155. The van der Waals surface area contributed by atoms with Gasteiger partial charge in [0.15, 0.2) is 5.82 Å². The molecule has 2 aromatic heterocycles. The molecule has 2 atom stereocenters. The number of piperazine rings is 1. The van der Waals surface area contributed by atoms with Gasteiger partial charge in [0, 0.05) is 60.4 Å². The van der Waals surface area contributed by atoms with Crippen LogP contribution >= 0.6 is 11.6 Å². The zero-order valence-electron chi connectivity index (χ0n) is 26.7. The van der Waals surface area contributed by atoms with Crippen LogP contribution < -0.4 is 9.64 Å². The molecule has 10 nitrogen and oxygen atoms in total. The van der Waals surface area contributed by atoms with Crippen LogP contribution in [-0.4, -0.2) is 93.9 Å². The van der Waals surface area contributed by atoms with Crippen LogP contribution in [0, 0.1) is 12.4 Å². The highest BCUT2D eigenvalue weighted by molar-refractivity contribution is 6.36. The van der Waals surface area contributed by atoms with Crippen molar-refractivity contribution in [2.75, 3.05) is 44.2 Å². The van der Waals surface area contributed by atoms with Crippen LogP contribution in [0.3, 0.4) is 0 Å². The highest BCUT2D eigenvalue weighted by atomic mass is 35.5. The number of carbonyl (C=O) groups is 1. The van der Waals surface area contributed by atoms with E-state index in [9.17, 15) is 4.79 Å². The maximum absolute atomic E-state index is 16.7. The van der Waals surface area contributed by atoms with Crippen LogP contribution in [0.1, 0.15) is 40.0 Å². The first-order valence-electron chi connectivity index (χ1n) is 16.1. The normalized spacial score (nSPS) is 20.3. The molecule has 1 amide bonds. The molecule has 1 saturated carbocycles. The minimum Gasteiger partial charge on any atom is -0.462 e. The fraction of sp³-hybridized carbons (Fsp3) is 0.457. The van der Waals surface area contributed by atoms with Crippen molar-refractivity contribution < 1.29 is 18.7 Å². The number of aromatic nitrogens is 3. The second-order valence-corrected chi connectivity index (χ2v) is 13.9. The average molecular weight is 658 g/mol. The molecule has 0 spiro atoms. The number of likely N-dealkylation sites (tertiary alicyclic amines) is 1. The summed E-state index contributed by atoms with van der Waals surface area (Å²) in [6.45, 7) is 15.6. The molecule has 0 N–H and O–H groups in total. The lowest BCUT2D eigenvalue weighted by atomic mass is 10.0. The third-order valence-corrected chi connectivity index (χ3v) is 9.39. The Kier molecular flexibility index (Phi) is 8.26. The van der Waals surface area contributed by atoms with E-state index in [1.165, 1.54) is 12.8 Å². The van der Waals surface area contributed by atoms with Crippen LogP contribution in [0.2, 0.25) is 5.02 Å². The third-order valence-electron chi connectivity index (χ3n) is 9.08. The highest BCUT2D eigenvalue weighted by Gasteiger charge is 2.40. The predicted molar refractivity (Wildman–Crippen MR) is 179 cm³/mol. The maximum Gasteiger partial charge on any atom is 0.410 e. The minimum atomic E-state index is -0.670. The maximum atomic E-state index is 16.7. The summed E-state index contributed by atoms with van der Waals surface area (Å²) in [5, 5.41) is 2.50. The van der Waals surface area contributed by atoms with Crippen LogP contribution in [-0.2, 0) is 4.74 Å². The van der Waals surface area contributed by atoms with E-state index in [-0.39, 0.29) is 29.8 Å². The number of hydrogen-bond donors (Lipinski definition) is 0. The fourth-order valence-electron chi connectivity index (χ4n) is 6.58. The molecule has 47 heavy (non-hydrogen) atoms. The standard InChI is InChI=1S/C35H37ClFN7O3/c1-35(2,3)47-34(45)44-16-15-42(19-24(44)17-38-4)32-26-18-39-30(25-9-5-7-21-8-6-10-27(36)28(21)25)29(37)31(26)40-33(41-32)46-20-23-13-14-43(23)22-11-12-22/h5-10,18,22-24H,11-17,19-20H2,1-3H3/t23?,24-/m0/s1. The molecule has 1 aliphatic carbocycles. The quantitative estimate of drug-likeness (QED) is 0.206. The second-order valence-electron chi connectivity index (χ2n) is 13.5. The van der Waals surface area contributed by atoms with E-state index in [1.54, 1.807) is 23.2 Å². The van der Waals surface area contributed by atoms with Gasteiger partial charge in [-0.1, -0.05) is 41.9 Å². The van der Waals surface area contributed by atoms with Crippen molar-refractivity contribution in [1.29, 1.82) is 0 Å². The number of anilines is 1. The highest BCUT2D eigenvalue weighted by Crippen LogP contribution is 2.38. The zero-order chi connectivity index (χ0) is 32.9. The molecule has 2 aromatic carbocycles. The third kappa shape index (κ3) is 6.24. The molecule has 4 heterocycles. The molecule has 2 aliphatic heterocycles. The van der Waals surface area contributed by atoms with E-state index >= 15 is 4.39 Å². The molecule has 2 saturated heterocycles. The molecular weight excluding hydrogens is 621 g/mol. The summed E-state index contributed by atoms with van der Waals surface area (Å²) in [7, 11) is 0. The zero-order valence-corrected chi connectivity index (χ0v) is 27.5. The minimum absolute atomic E-state index is 0.0819. The van der Waals surface area contributed by atoms with Crippen LogP contribution in [0.25, 0.3) is 37.8 Å². The Labute approximate surface area is 278 Å². The van der Waals surface area contributed by atoms with E-state index in [1.807, 2.05) is 49.9 Å². The first-order valence-corrected chi connectivity index (χ1v) is 16.5. The predicted octanol–water partition coefficient (Wildman–Crippen LogP) is 6.60. The molecule has 0 radical (unpaired) electrons. The summed E-state index contributed by atoms with van der Waals surface area (Å²) < 4.78 is 28.6. The number of nitrogens with zero attached hydrogens (tertiary/aromatic N) is 7. The van der Waals surface area contributed by atoms with Crippen molar-refractivity contribution in [3.05, 3.63) is 64.9 Å². The van der Waals surface area contributed by atoms with Gasteiger partial charge in [-0.2, -0.15) is 9.97 Å². The van der Waals surface area contributed by atoms with Gasteiger partial charge in [0.2, 0.25) is 6.54 Å². The number of ether oxygens (including phenoxy) is 2. The Morgan fingerprint density at radius 2 is 1.87 bits per heavy atom. The Morgan fingerprint density at radius 1 is 1.09 bits per heavy atom. The summed E-state index contributed by atoms with van der Waals surface area (Å²) >= 11 is 6.61. The van der Waals surface area contributed by atoms with Gasteiger partial charge in [-0.05, 0) is 51.5 Å². The molecule has 7 rings (SSSR count). The summed E-state index contributed by atoms with van der Waals surface area (Å²) in [6, 6.07) is 11.7. The number of benzene rings is 2. The molecule has 4 aromatic rings. The molecule has 0 bridgehead atoms. The number of pyridine rings is 1. The van der Waals surface area contributed by atoms with E-state index in [0.29, 0.717) is 59.5 Å². The van der Waals surface area contributed by atoms with Gasteiger partial charge in [0.25, 0.3) is 0 Å². The van der Waals surface area contributed by atoms with Gasteiger partial charge in [0.1, 0.15) is 35.3 Å². The summed E-state index contributed by atoms with van der Waals surface area (Å²) in [4.78, 5) is 36.7. The van der Waals surface area contributed by atoms with Crippen LogP contribution in [0.5, 0.6) is 6.01 Å². The Hall–Kier alpha value is -4.27. The SMILES string of the molecule is [C-]#[N+]C[C@H]1CN(c2nc(OCC3CCN3C3CC3)nc3c(F)c(-c4cccc5cccc(Cl)c45)ncc23)CCN1C(=O)OC(C)(C)C. The molecule has 1 unspecified atom stereocenters. The van der Waals surface area contributed by atoms with E-state index < -0.39 is 23.6 Å². The topological polar surface area (TPSA) is 88.3 Å². The van der Waals surface area contributed by atoms with Gasteiger partial charge < -0.3 is 19.2 Å². The van der Waals surface area contributed by atoms with Crippen molar-refractivity contribution >= 4 is 45.2 Å². The number of hydrogen-bond acceptors (Lipinski definition) is 8. The number of halogens is 2. The summed E-state index contributed by atoms with van der Waals surface area (Å²) in [5.74, 6) is -0.151. The van der Waals surface area contributed by atoms with E-state index in [0.717, 1.165) is 18.4 Å². The van der Waals surface area contributed by atoms with Gasteiger partial charge in [-0.15, -0.1) is 0 Å². The summed E-state index contributed by atoms with van der Waals surface area (Å²) in [6.07, 6.45) is 4.59.